The van der Waals surface area contributed by atoms with Crippen LogP contribution in [0.15, 0.2) is 42.5 Å². The summed E-state index contributed by atoms with van der Waals surface area (Å²) >= 11 is 0. The Hall–Kier alpha value is -2.96. The van der Waals surface area contributed by atoms with Gasteiger partial charge in [0.05, 0.1) is 18.6 Å². The predicted octanol–water partition coefficient (Wildman–Crippen LogP) is 3.59. The van der Waals surface area contributed by atoms with Crippen molar-refractivity contribution in [2.24, 2.45) is 5.92 Å². The number of amides is 2. The zero-order valence-corrected chi connectivity index (χ0v) is 15.7. The van der Waals surface area contributed by atoms with E-state index in [1.807, 2.05) is 6.92 Å². The van der Waals surface area contributed by atoms with E-state index in [9.17, 15) is 18.4 Å². The monoisotopic (exact) mass is 388 g/mol. The Bertz CT molecular complexity index is 870. The second-order valence-corrected chi connectivity index (χ2v) is 6.74. The van der Waals surface area contributed by atoms with Gasteiger partial charge in [-0.05, 0) is 55.8 Å². The van der Waals surface area contributed by atoms with Gasteiger partial charge >= 0.3 is 0 Å². The van der Waals surface area contributed by atoms with Gasteiger partial charge < -0.3 is 15.0 Å². The Morgan fingerprint density at radius 1 is 1.21 bits per heavy atom. The van der Waals surface area contributed by atoms with Gasteiger partial charge in [0.15, 0.2) is 11.6 Å². The summed E-state index contributed by atoms with van der Waals surface area (Å²) in [6, 6.07) is 10.1. The van der Waals surface area contributed by atoms with E-state index in [4.69, 9.17) is 4.74 Å². The van der Waals surface area contributed by atoms with Gasteiger partial charge in [-0.25, -0.2) is 8.78 Å². The first-order valence-electron chi connectivity index (χ1n) is 9.17. The molecule has 5 nitrogen and oxygen atoms in total. The molecule has 1 aliphatic rings. The van der Waals surface area contributed by atoms with Gasteiger partial charge in [0, 0.05) is 18.7 Å². The Morgan fingerprint density at radius 2 is 1.93 bits per heavy atom. The molecular formula is C21H22F2N2O3. The number of carbonyl (C=O) groups excluding carboxylic acids is 2. The fourth-order valence-electron chi connectivity index (χ4n) is 3.22. The van der Waals surface area contributed by atoms with Crippen molar-refractivity contribution >= 4 is 17.5 Å². The van der Waals surface area contributed by atoms with Crippen molar-refractivity contribution < 1.29 is 23.1 Å². The number of benzene rings is 2. The molecule has 0 radical (unpaired) electrons. The van der Waals surface area contributed by atoms with E-state index >= 15 is 0 Å². The third kappa shape index (κ3) is 4.30. The third-order valence-corrected chi connectivity index (χ3v) is 4.76. The van der Waals surface area contributed by atoms with Gasteiger partial charge in [-0.3, -0.25) is 9.59 Å². The highest BCUT2D eigenvalue weighted by Crippen LogP contribution is 2.27. The maximum atomic E-state index is 13.4. The van der Waals surface area contributed by atoms with E-state index in [1.165, 1.54) is 6.07 Å². The lowest BCUT2D eigenvalue weighted by Gasteiger charge is -2.19. The molecule has 28 heavy (non-hydrogen) atoms. The molecule has 2 amide bonds. The van der Waals surface area contributed by atoms with E-state index in [1.54, 1.807) is 36.1 Å². The lowest BCUT2D eigenvalue weighted by atomic mass is 10.0. The van der Waals surface area contributed by atoms with Crippen LogP contribution in [0.2, 0.25) is 0 Å². The zero-order chi connectivity index (χ0) is 20.3. The normalized spacial score (nSPS) is 17.5. The number of nitrogens with one attached hydrogen (secondary N) is 1. The minimum atomic E-state index is -0.962. The number of halogens is 2. The van der Waals surface area contributed by atoms with Crippen LogP contribution >= 0.6 is 0 Å². The molecule has 1 fully saturated rings. The average Bonchev–Trinajstić information content (AvgIpc) is 3.06. The molecule has 0 unspecified atom stereocenters. The van der Waals surface area contributed by atoms with Gasteiger partial charge in [-0.15, -0.1) is 0 Å². The number of hydrogen-bond acceptors (Lipinski definition) is 3. The lowest BCUT2D eigenvalue weighted by molar-refractivity contribution is -0.126. The van der Waals surface area contributed by atoms with Gasteiger partial charge in [0.2, 0.25) is 11.8 Å². The largest absolute Gasteiger partial charge is 0.494 e. The highest BCUT2D eigenvalue weighted by molar-refractivity contribution is 6.00. The summed E-state index contributed by atoms with van der Waals surface area (Å²) in [6.45, 7) is 4.40. The summed E-state index contributed by atoms with van der Waals surface area (Å²) in [4.78, 5) is 26.5. The Balaban J connectivity index is 1.63. The summed E-state index contributed by atoms with van der Waals surface area (Å²) in [5, 5.41) is 2.78. The van der Waals surface area contributed by atoms with Crippen LogP contribution in [0.4, 0.5) is 14.5 Å². The number of hydrogen-bond donors (Lipinski definition) is 1. The fraction of sp³-hybridized carbons (Fsp3) is 0.333. The number of carbonyl (C=O) groups is 2. The highest BCUT2D eigenvalue weighted by atomic mass is 19.2. The first-order valence-corrected chi connectivity index (χ1v) is 9.17. The van der Waals surface area contributed by atoms with Crippen LogP contribution < -0.4 is 15.0 Å². The molecule has 1 saturated heterocycles. The summed E-state index contributed by atoms with van der Waals surface area (Å²) < 4.78 is 31.9. The van der Waals surface area contributed by atoms with Crippen LogP contribution in [0.1, 0.15) is 31.9 Å². The van der Waals surface area contributed by atoms with Crippen LogP contribution in [0.3, 0.4) is 0 Å². The molecule has 1 aliphatic heterocycles. The van der Waals surface area contributed by atoms with Crippen LogP contribution in [0, 0.1) is 17.6 Å². The van der Waals surface area contributed by atoms with E-state index in [2.05, 4.69) is 5.32 Å². The molecular weight excluding hydrogens is 366 g/mol. The number of ether oxygens (including phenoxy) is 1. The Kier molecular flexibility index (Phi) is 5.92. The molecule has 0 aromatic heterocycles. The van der Waals surface area contributed by atoms with Gasteiger partial charge in [-0.1, -0.05) is 6.07 Å². The zero-order valence-electron chi connectivity index (χ0n) is 15.7. The minimum absolute atomic E-state index is 0.101. The molecule has 0 aliphatic carbocycles. The average molecular weight is 388 g/mol. The number of anilines is 1. The van der Waals surface area contributed by atoms with Crippen molar-refractivity contribution in [3.8, 4) is 5.75 Å². The molecule has 3 rings (SSSR count). The maximum Gasteiger partial charge on any atom is 0.227 e. The lowest BCUT2D eigenvalue weighted by Crippen LogP contribution is -2.34. The SMILES string of the molecule is CCOc1ccc(N2C[C@@H](C(=O)N[C@H](C)c3ccc(F)c(F)c3)CC2=O)cc1. The van der Waals surface area contributed by atoms with Crippen LogP contribution in [-0.2, 0) is 9.59 Å². The highest BCUT2D eigenvalue weighted by Gasteiger charge is 2.35. The number of rotatable bonds is 6. The first kappa shape index (κ1) is 19.8. The van der Waals surface area contributed by atoms with E-state index in [0.717, 1.165) is 12.1 Å². The summed E-state index contributed by atoms with van der Waals surface area (Å²) in [6.07, 6.45) is 0.101. The number of nitrogens with zero attached hydrogens (tertiary/aromatic N) is 1. The van der Waals surface area contributed by atoms with E-state index in [-0.39, 0.29) is 24.8 Å². The van der Waals surface area contributed by atoms with E-state index < -0.39 is 23.6 Å². The smallest absolute Gasteiger partial charge is 0.227 e. The first-order chi connectivity index (χ1) is 13.4. The van der Waals surface area contributed by atoms with Gasteiger partial charge in [0.25, 0.3) is 0 Å². The van der Waals surface area contributed by atoms with Crippen molar-refractivity contribution in [3.05, 3.63) is 59.7 Å². The van der Waals surface area contributed by atoms with Gasteiger partial charge in [-0.2, -0.15) is 0 Å². The van der Waals surface area contributed by atoms with E-state index in [0.29, 0.717) is 23.6 Å². The summed E-state index contributed by atoms with van der Waals surface area (Å²) in [7, 11) is 0. The van der Waals surface area contributed by atoms with Crippen molar-refractivity contribution in [1.29, 1.82) is 0 Å². The molecule has 2 aromatic carbocycles. The molecule has 148 valence electrons. The third-order valence-electron chi connectivity index (χ3n) is 4.76. The molecule has 0 spiro atoms. The Labute approximate surface area is 162 Å². The predicted molar refractivity (Wildman–Crippen MR) is 101 cm³/mol. The summed E-state index contributed by atoms with van der Waals surface area (Å²) in [5.74, 6) is -2.12. The molecule has 1 heterocycles. The van der Waals surface area contributed by atoms with Crippen LogP contribution in [-0.4, -0.2) is 25.0 Å². The second kappa shape index (κ2) is 8.37. The summed E-state index contributed by atoms with van der Waals surface area (Å²) in [5.41, 5.74) is 1.16. The molecule has 0 saturated carbocycles. The van der Waals surface area contributed by atoms with Crippen LogP contribution in [0.5, 0.6) is 5.75 Å². The van der Waals surface area contributed by atoms with Crippen molar-refractivity contribution in [3.63, 3.8) is 0 Å². The fourth-order valence-corrected chi connectivity index (χ4v) is 3.22. The molecule has 1 N–H and O–H groups in total. The van der Waals surface area contributed by atoms with Crippen molar-refractivity contribution in [2.45, 2.75) is 26.3 Å². The maximum absolute atomic E-state index is 13.4. The van der Waals surface area contributed by atoms with Gasteiger partial charge in [0.1, 0.15) is 5.75 Å². The van der Waals surface area contributed by atoms with Crippen molar-refractivity contribution in [2.75, 3.05) is 18.1 Å². The van der Waals surface area contributed by atoms with Crippen molar-refractivity contribution in [1.82, 2.24) is 5.32 Å². The molecule has 2 atom stereocenters. The molecule has 7 heteroatoms. The minimum Gasteiger partial charge on any atom is -0.494 e. The Morgan fingerprint density at radius 3 is 2.57 bits per heavy atom. The second-order valence-electron chi connectivity index (χ2n) is 6.74. The standard InChI is InChI=1S/C21H22F2N2O3/c1-3-28-17-7-5-16(6-8-17)25-12-15(11-20(25)26)21(27)24-13(2)14-4-9-18(22)19(23)10-14/h4-10,13,15H,3,11-12H2,1-2H3,(H,24,27)/t13-,15+/m1/s1. The van der Waals surface area contributed by atoms with Crippen LogP contribution in [0.25, 0.3) is 0 Å². The topological polar surface area (TPSA) is 58.6 Å². The molecule has 0 bridgehead atoms. The quantitative estimate of drug-likeness (QED) is 0.823. The molecule has 2 aromatic rings.